The van der Waals surface area contributed by atoms with Gasteiger partial charge in [-0.15, -0.1) is 0 Å². The predicted octanol–water partition coefficient (Wildman–Crippen LogP) is -1.55. The van der Waals surface area contributed by atoms with E-state index >= 15 is 0 Å². The number of Topliss-reactive ketones (excluding diaryl/α,β-unsaturated/α-hetero) is 4. The molecule has 10 heteroatoms. The zero-order valence-electron chi connectivity index (χ0n) is 17.0. The average Bonchev–Trinajstić information content (AvgIpc) is 2.67. The standard InChI is InChI=1S/C21H23N3O7/c1-24(2)14-9-6-8-5-7-3-4-10(22)15(25)11(7)16(26)12(8)18(28)21(9,31)19(29)13(17(14)27)20(23)30/h3-4,8-9,12-14,25,31H,5-6,22H2,1-2H3,(H2,23,30)/t8?,9?,12?,13?,14-,21?/m0/s1. The van der Waals surface area contributed by atoms with E-state index in [0.717, 1.165) is 0 Å². The van der Waals surface area contributed by atoms with Crippen LogP contribution in [0, 0.1) is 23.7 Å². The highest BCUT2D eigenvalue weighted by atomic mass is 16.3. The van der Waals surface area contributed by atoms with E-state index in [1.165, 1.54) is 25.1 Å². The molecular formula is C21H23N3O7. The summed E-state index contributed by atoms with van der Waals surface area (Å²) >= 11 is 0. The van der Waals surface area contributed by atoms with Crippen LogP contribution >= 0.6 is 0 Å². The van der Waals surface area contributed by atoms with Crippen molar-refractivity contribution < 1.29 is 34.2 Å². The molecule has 2 saturated carbocycles. The Balaban J connectivity index is 1.87. The smallest absolute Gasteiger partial charge is 0.235 e. The Hall–Kier alpha value is -3.11. The number of aromatic hydroxyl groups is 1. The SMILES string of the molecule is CN(C)[C@@H]1C(=O)C(C(N)=O)C(=O)C2(O)C(=O)C3C(=O)c4c(ccc(N)c4O)CC3CC12. The van der Waals surface area contributed by atoms with Crippen molar-refractivity contribution in [2.45, 2.75) is 24.5 Å². The van der Waals surface area contributed by atoms with Gasteiger partial charge in [0.25, 0.3) is 0 Å². The second-order valence-corrected chi connectivity index (χ2v) is 8.83. The summed E-state index contributed by atoms with van der Waals surface area (Å²) in [5.41, 5.74) is 8.60. The molecule has 0 spiro atoms. The number of primary amides is 1. The van der Waals surface area contributed by atoms with Crippen LogP contribution in [0.25, 0.3) is 0 Å². The van der Waals surface area contributed by atoms with Gasteiger partial charge in [0.15, 0.2) is 34.7 Å². The highest BCUT2D eigenvalue weighted by Crippen LogP contribution is 2.50. The summed E-state index contributed by atoms with van der Waals surface area (Å²) in [6.07, 6.45) is 0.245. The number of ketones is 4. The van der Waals surface area contributed by atoms with Crippen LogP contribution in [0.5, 0.6) is 5.75 Å². The number of rotatable bonds is 2. The maximum atomic E-state index is 13.5. The first-order valence-corrected chi connectivity index (χ1v) is 9.87. The highest BCUT2D eigenvalue weighted by Gasteiger charge is 2.69. The number of nitrogens with zero attached hydrogens (tertiary/aromatic N) is 1. The second-order valence-electron chi connectivity index (χ2n) is 8.83. The number of carbonyl (C=O) groups excluding carboxylic acids is 5. The maximum Gasteiger partial charge on any atom is 0.235 e. The fraction of sp³-hybridized carbons (Fsp3) is 0.476. The van der Waals surface area contributed by atoms with E-state index in [1.54, 1.807) is 6.07 Å². The fourth-order valence-corrected chi connectivity index (χ4v) is 5.60. The molecule has 6 atom stereocenters. The number of amides is 1. The molecule has 164 valence electrons. The van der Waals surface area contributed by atoms with Crippen LogP contribution < -0.4 is 11.5 Å². The summed E-state index contributed by atoms with van der Waals surface area (Å²) in [6.45, 7) is 0. The number of nitrogens with two attached hydrogens (primary N) is 2. The van der Waals surface area contributed by atoms with E-state index in [0.29, 0.717) is 5.56 Å². The van der Waals surface area contributed by atoms with Gasteiger partial charge in [0.1, 0.15) is 5.75 Å². The van der Waals surface area contributed by atoms with Gasteiger partial charge in [-0.1, -0.05) is 6.07 Å². The Labute approximate surface area is 177 Å². The third kappa shape index (κ3) is 2.61. The van der Waals surface area contributed by atoms with Gasteiger partial charge in [-0.3, -0.25) is 28.9 Å². The molecule has 1 aromatic carbocycles. The first-order chi connectivity index (χ1) is 14.4. The fourth-order valence-electron chi connectivity index (χ4n) is 5.60. The normalized spacial score (nSPS) is 34.9. The summed E-state index contributed by atoms with van der Waals surface area (Å²) in [6, 6.07) is 1.94. The average molecular weight is 429 g/mol. The summed E-state index contributed by atoms with van der Waals surface area (Å²) in [5.74, 6) is -10.7. The van der Waals surface area contributed by atoms with E-state index in [9.17, 15) is 34.2 Å². The van der Waals surface area contributed by atoms with Crippen molar-refractivity contribution in [2.75, 3.05) is 19.8 Å². The van der Waals surface area contributed by atoms with Crippen molar-refractivity contribution in [3.05, 3.63) is 23.3 Å². The molecule has 10 nitrogen and oxygen atoms in total. The second kappa shape index (κ2) is 6.69. The number of fused-ring (bicyclic) bond motifs is 3. The molecule has 1 aromatic rings. The van der Waals surface area contributed by atoms with Gasteiger partial charge in [0, 0.05) is 5.92 Å². The van der Waals surface area contributed by atoms with E-state index in [-0.39, 0.29) is 24.1 Å². The third-order valence-electron chi connectivity index (χ3n) is 6.97. The summed E-state index contributed by atoms with van der Waals surface area (Å²) < 4.78 is 0. The summed E-state index contributed by atoms with van der Waals surface area (Å²) in [5, 5.41) is 21.7. The van der Waals surface area contributed by atoms with Crippen LogP contribution in [0.3, 0.4) is 0 Å². The van der Waals surface area contributed by atoms with E-state index < -0.39 is 70.1 Å². The Kier molecular flexibility index (Phi) is 4.56. The lowest BCUT2D eigenvalue weighted by Crippen LogP contribution is -2.74. The minimum Gasteiger partial charge on any atom is -0.505 e. The number of hydrogen-bond acceptors (Lipinski definition) is 9. The van der Waals surface area contributed by atoms with Gasteiger partial charge in [-0.2, -0.15) is 0 Å². The van der Waals surface area contributed by atoms with Crippen LogP contribution in [0.15, 0.2) is 12.1 Å². The first kappa shape index (κ1) is 21.1. The number of likely N-dealkylation sites (N-methyl/N-ethyl adjacent to an activating group) is 1. The molecule has 0 bridgehead atoms. The highest BCUT2D eigenvalue weighted by molar-refractivity contribution is 6.32. The van der Waals surface area contributed by atoms with E-state index in [2.05, 4.69) is 0 Å². The zero-order valence-corrected chi connectivity index (χ0v) is 17.0. The predicted molar refractivity (Wildman–Crippen MR) is 106 cm³/mol. The minimum atomic E-state index is -2.72. The molecule has 6 N–H and O–H groups in total. The molecular weight excluding hydrogens is 406 g/mol. The Morgan fingerprint density at radius 1 is 1.16 bits per heavy atom. The van der Waals surface area contributed by atoms with Crippen molar-refractivity contribution in [1.82, 2.24) is 4.90 Å². The van der Waals surface area contributed by atoms with Crippen LogP contribution in [0.2, 0.25) is 0 Å². The van der Waals surface area contributed by atoms with Crippen molar-refractivity contribution in [3.63, 3.8) is 0 Å². The molecule has 4 rings (SSSR count). The van der Waals surface area contributed by atoms with Gasteiger partial charge < -0.3 is 21.7 Å². The molecule has 1 amide bonds. The van der Waals surface area contributed by atoms with E-state index in [1.807, 2.05) is 0 Å². The van der Waals surface area contributed by atoms with Gasteiger partial charge in [-0.25, -0.2) is 0 Å². The molecule has 0 saturated heterocycles. The van der Waals surface area contributed by atoms with Crippen LogP contribution in [0.1, 0.15) is 22.3 Å². The molecule has 0 aromatic heterocycles. The lowest BCUT2D eigenvalue weighted by atomic mass is 9.52. The van der Waals surface area contributed by atoms with Crippen LogP contribution in [0.4, 0.5) is 5.69 Å². The quantitative estimate of drug-likeness (QED) is 0.246. The van der Waals surface area contributed by atoms with Crippen molar-refractivity contribution in [1.29, 1.82) is 0 Å². The number of phenolic OH excluding ortho intramolecular Hbond substituents is 1. The van der Waals surface area contributed by atoms with Gasteiger partial charge in [0.05, 0.1) is 23.2 Å². The molecule has 2 fully saturated rings. The Bertz CT molecular complexity index is 1070. The Morgan fingerprint density at radius 2 is 1.81 bits per heavy atom. The molecule has 0 radical (unpaired) electrons. The van der Waals surface area contributed by atoms with E-state index in [4.69, 9.17) is 11.5 Å². The zero-order chi connectivity index (χ0) is 23.0. The number of phenols is 1. The molecule has 3 aliphatic carbocycles. The maximum absolute atomic E-state index is 13.5. The largest absolute Gasteiger partial charge is 0.505 e. The minimum absolute atomic E-state index is 0.0229. The molecule has 0 heterocycles. The molecule has 3 aliphatic rings. The van der Waals surface area contributed by atoms with Gasteiger partial charge in [0.2, 0.25) is 5.91 Å². The lowest BCUT2D eigenvalue weighted by molar-refractivity contribution is -0.181. The number of aliphatic hydroxyl groups is 1. The van der Waals surface area contributed by atoms with Crippen molar-refractivity contribution >= 4 is 34.7 Å². The van der Waals surface area contributed by atoms with Crippen LogP contribution in [-0.2, 0) is 25.6 Å². The molecule has 31 heavy (non-hydrogen) atoms. The van der Waals surface area contributed by atoms with Crippen molar-refractivity contribution in [3.8, 4) is 5.75 Å². The number of anilines is 1. The summed E-state index contributed by atoms with van der Waals surface area (Å²) in [4.78, 5) is 66.0. The first-order valence-electron chi connectivity index (χ1n) is 9.87. The number of carbonyl (C=O) groups is 5. The topological polar surface area (TPSA) is 181 Å². The number of nitrogen functional groups attached to an aromatic ring is 1. The van der Waals surface area contributed by atoms with Crippen molar-refractivity contribution in [2.24, 2.45) is 29.4 Å². The lowest BCUT2D eigenvalue weighted by Gasteiger charge is -2.52. The van der Waals surface area contributed by atoms with Gasteiger partial charge >= 0.3 is 0 Å². The van der Waals surface area contributed by atoms with Gasteiger partial charge in [-0.05, 0) is 44.5 Å². The number of hydrogen-bond donors (Lipinski definition) is 4. The molecule has 0 aliphatic heterocycles. The number of benzene rings is 1. The molecule has 5 unspecified atom stereocenters. The third-order valence-corrected chi connectivity index (χ3v) is 6.97. The van der Waals surface area contributed by atoms with Crippen LogP contribution in [-0.4, -0.2) is 69.9 Å². The summed E-state index contributed by atoms with van der Waals surface area (Å²) in [7, 11) is 3.07. The Morgan fingerprint density at radius 3 is 2.39 bits per heavy atom. The monoisotopic (exact) mass is 429 g/mol.